The summed E-state index contributed by atoms with van der Waals surface area (Å²) in [6.45, 7) is 14.1. The van der Waals surface area contributed by atoms with Crippen LogP contribution in [0.1, 0.15) is 119 Å². The van der Waals surface area contributed by atoms with Crippen molar-refractivity contribution in [2.75, 3.05) is 40.6 Å². The summed E-state index contributed by atoms with van der Waals surface area (Å²) >= 11 is -0.771. The van der Waals surface area contributed by atoms with Crippen LogP contribution in [0.4, 0.5) is 11.4 Å². The molecule has 2 aromatic carbocycles. The van der Waals surface area contributed by atoms with Crippen LogP contribution in [0.2, 0.25) is 0 Å². The Balaban J connectivity index is 2.85. The Kier molecular flexibility index (Phi) is 18.1. The van der Waals surface area contributed by atoms with Crippen LogP contribution in [0.3, 0.4) is 0 Å². The predicted octanol–water partition coefficient (Wildman–Crippen LogP) is 13.0. The van der Waals surface area contributed by atoms with Crippen molar-refractivity contribution >= 4 is 61.3 Å². The predicted molar refractivity (Wildman–Crippen MR) is 193 cm³/mol. The monoisotopic (exact) mass is 667 g/mol. The molecule has 0 heterocycles. The van der Waals surface area contributed by atoms with Gasteiger partial charge in [-0.2, -0.15) is 0 Å². The van der Waals surface area contributed by atoms with E-state index in [1.54, 1.807) is 0 Å². The average Bonchev–Trinajstić information content (AvgIpc) is 2.98. The van der Waals surface area contributed by atoms with Gasteiger partial charge in [-0.15, -0.1) is 0 Å². The van der Waals surface area contributed by atoms with Gasteiger partial charge < -0.3 is 0 Å². The summed E-state index contributed by atoms with van der Waals surface area (Å²) in [7, 11) is 4.36. The van der Waals surface area contributed by atoms with Gasteiger partial charge in [0.15, 0.2) is 0 Å². The summed E-state index contributed by atoms with van der Waals surface area (Å²) in [5.41, 5.74) is 2.69. The number of hydrogen-bond acceptors (Lipinski definition) is 2. The average molecular weight is 667 g/mol. The van der Waals surface area contributed by atoms with E-state index >= 15 is 0 Å². The Morgan fingerprint density at radius 1 is 0.675 bits per heavy atom. The van der Waals surface area contributed by atoms with Crippen LogP contribution < -0.4 is 3.63 Å². The third-order valence-corrected chi connectivity index (χ3v) is 22.6. The van der Waals surface area contributed by atoms with E-state index in [0.717, 1.165) is 0 Å². The van der Waals surface area contributed by atoms with Crippen molar-refractivity contribution in [1.29, 1.82) is 0 Å². The third kappa shape index (κ3) is 10.3. The molecule has 6 heteroatoms. The molecule has 2 aromatic rings. The van der Waals surface area contributed by atoms with Crippen LogP contribution in [-0.4, -0.2) is 51.7 Å². The molecule has 0 atom stereocenters. The van der Waals surface area contributed by atoms with Crippen molar-refractivity contribution in [3.63, 3.8) is 0 Å². The van der Waals surface area contributed by atoms with Crippen molar-refractivity contribution in [2.45, 2.75) is 119 Å². The molecule has 226 valence electrons. The number of unbranched alkanes of at least 4 members (excludes halogenated alkanes) is 6. The number of halogens is 1. The molecule has 0 spiro atoms. The number of fused-ring (bicyclic) bond motifs is 1. The first-order chi connectivity index (χ1) is 19.5. The molecule has 0 aliphatic rings. The molecule has 0 aliphatic heterocycles. The van der Waals surface area contributed by atoms with Gasteiger partial charge in [0.2, 0.25) is 0 Å². The quantitative estimate of drug-likeness (QED) is 0.0902. The van der Waals surface area contributed by atoms with Gasteiger partial charge in [0.25, 0.3) is 0 Å². The standard InChI is InChI=1S/C34H60ClGeN2P2/c1-7-13-25-39(26-14-8-2,27-15-9-3)37-32-23-19-21-31-22-20-24-33(34(31)32)38(36-35)40(28-16-10-4,29-17-11-5)30-18-12-6/h19-24H,7-18,25-30H2,1-6H3/q+1. The van der Waals surface area contributed by atoms with Gasteiger partial charge in [-0.25, -0.2) is 0 Å². The van der Waals surface area contributed by atoms with Crippen LogP contribution in [0, 0.1) is 0 Å². The maximum atomic E-state index is 7.17. The van der Waals surface area contributed by atoms with E-state index in [1.807, 2.05) is 0 Å². The second-order valence-corrected chi connectivity index (χ2v) is 22.4. The van der Waals surface area contributed by atoms with E-state index in [4.69, 9.17) is 14.8 Å². The second kappa shape index (κ2) is 20.0. The molecule has 0 saturated heterocycles. The molecule has 0 N–H and O–H groups in total. The van der Waals surface area contributed by atoms with E-state index in [1.165, 1.54) is 136 Å². The molecular formula is C34H60ClGeN2P2+. The number of hydrogen-bond donors (Lipinski definition) is 0. The maximum absolute atomic E-state index is 7.17. The van der Waals surface area contributed by atoms with E-state index < -0.39 is 29.2 Å². The van der Waals surface area contributed by atoms with E-state index in [9.17, 15) is 0 Å². The Bertz CT molecular complexity index is 973. The summed E-state index contributed by atoms with van der Waals surface area (Å²) in [6.07, 6.45) is 23.5. The van der Waals surface area contributed by atoms with Crippen LogP contribution >= 0.6 is 24.5 Å². The molecule has 0 fully saturated rings. The fourth-order valence-corrected chi connectivity index (χ4v) is 21.5. The Labute approximate surface area is 260 Å². The van der Waals surface area contributed by atoms with Crippen LogP contribution in [0.15, 0.2) is 41.1 Å². The number of rotatable bonds is 22. The number of anilines is 1. The van der Waals surface area contributed by atoms with E-state index in [2.05, 4.69) is 81.6 Å². The second-order valence-electron chi connectivity index (χ2n) is 11.8. The zero-order valence-electron chi connectivity index (χ0n) is 26.9. The molecule has 2 rings (SSSR count). The summed E-state index contributed by atoms with van der Waals surface area (Å²) in [6, 6.07) is 13.9. The number of benzene rings is 2. The first-order valence-electron chi connectivity index (χ1n) is 16.6. The SMILES string of the molecule is CCCCP(CCCC)(CCCC)=Nc1cccc2cccc([N]([Ge][Cl])[P+](CCCC)(CCCC)CCCC)c12. The normalized spacial score (nSPS) is 12.3. The fraction of sp³-hybridized carbons (Fsp3) is 0.706. The molecule has 0 aromatic heterocycles. The molecule has 40 heavy (non-hydrogen) atoms. The first kappa shape index (κ1) is 36.2. The zero-order chi connectivity index (χ0) is 29.3. The van der Waals surface area contributed by atoms with Gasteiger partial charge in [-0.05, 0) is 0 Å². The van der Waals surface area contributed by atoms with Crippen molar-refractivity contribution in [3.8, 4) is 0 Å². The summed E-state index contributed by atoms with van der Waals surface area (Å²) in [5.74, 6) is 0. The zero-order valence-corrected chi connectivity index (χ0v) is 31.5. The molecule has 0 bridgehead atoms. The molecule has 0 aliphatic carbocycles. The third-order valence-electron chi connectivity index (χ3n) is 8.48. The fourth-order valence-electron chi connectivity index (χ4n) is 5.98. The van der Waals surface area contributed by atoms with E-state index in [-0.39, 0.29) is 0 Å². The Morgan fingerprint density at radius 3 is 1.55 bits per heavy atom. The van der Waals surface area contributed by atoms with Crippen LogP contribution in [0.5, 0.6) is 0 Å². The van der Waals surface area contributed by atoms with Crippen molar-refractivity contribution < 1.29 is 0 Å². The van der Waals surface area contributed by atoms with Crippen molar-refractivity contribution in [1.82, 2.24) is 0 Å². The molecule has 0 amide bonds. The van der Waals surface area contributed by atoms with Crippen molar-refractivity contribution in [2.24, 2.45) is 4.74 Å². The molecule has 2 radical (unpaired) electrons. The van der Waals surface area contributed by atoms with Gasteiger partial charge in [0.05, 0.1) is 0 Å². The van der Waals surface area contributed by atoms with Crippen molar-refractivity contribution in [3.05, 3.63) is 36.4 Å². The minimum atomic E-state index is -1.43. The Morgan fingerprint density at radius 2 is 1.12 bits per heavy atom. The molecule has 0 saturated carbocycles. The van der Waals surface area contributed by atoms with Gasteiger partial charge in [-0.3, -0.25) is 0 Å². The van der Waals surface area contributed by atoms with Gasteiger partial charge in [0, 0.05) is 0 Å². The summed E-state index contributed by atoms with van der Waals surface area (Å²) < 4.78 is 8.81. The molecular weight excluding hydrogens is 606 g/mol. The first-order valence-corrected chi connectivity index (χ1v) is 24.9. The summed E-state index contributed by atoms with van der Waals surface area (Å²) in [4.78, 5) is 0. The Hall–Kier alpha value is -0.00714. The van der Waals surface area contributed by atoms with Gasteiger partial charge in [-0.1, -0.05) is 0 Å². The van der Waals surface area contributed by atoms with Gasteiger partial charge >= 0.3 is 262 Å². The minimum absolute atomic E-state index is 0.771. The van der Waals surface area contributed by atoms with Gasteiger partial charge in [0.1, 0.15) is 0 Å². The number of nitrogens with zero attached hydrogens (tertiary/aromatic N) is 2. The molecule has 2 nitrogen and oxygen atoms in total. The van der Waals surface area contributed by atoms with E-state index in [0.29, 0.717) is 0 Å². The topological polar surface area (TPSA) is 15.6 Å². The van der Waals surface area contributed by atoms with Crippen LogP contribution in [0.25, 0.3) is 10.8 Å². The summed E-state index contributed by atoms with van der Waals surface area (Å²) in [5, 5.41) is 2.75. The van der Waals surface area contributed by atoms with Crippen LogP contribution in [-0.2, 0) is 0 Å². The molecule has 0 unspecified atom stereocenters.